The van der Waals surface area contributed by atoms with Crippen molar-refractivity contribution in [3.63, 3.8) is 0 Å². The molecule has 0 saturated heterocycles. The Morgan fingerprint density at radius 2 is 2.19 bits per heavy atom. The SMILES string of the molecule is CCc1c(C(=O)CN)cc(Cl)c2c1OCO2. The van der Waals surface area contributed by atoms with E-state index in [1.807, 2.05) is 6.92 Å². The number of carbonyl (C=O) groups excluding carboxylic acids is 1. The van der Waals surface area contributed by atoms with Crippen LogP contribution in [0.25, 0.3) is 0 Å². The zero-order chi connectivity index (χ0) is 11.7. The van der Waals surface area contributed by atoms with Gasteiger partial charge in [0.1, 0.15) is 0 Å². The predicted molar refractivity (Wildman–Crippen MR) is 60.3 cm³/mol. The van der Waals surface area contributed by atoms with Gasteiger partial charge in [0.2, 0.25) is 6.79 Å². The summed E-state index contributed by atoms with van der Waals surface area (Å²) in [6.07, 6.45) is 0.671. The van der Waals surface area contributed by atoms with Gasteiger partial charge in [0.15, 0.2) is 17.3 Å². The van der Waals surface area contributed by atoms with Gasteiger partial charge in [-0.05, 0) is 12.5 Å². The molecule has 0 aliphatic carbocycles. The standard InChI is InChI=1S/C11H12ClNO3/c1-2-6-7(9(14)4-13)3-8(12)11-10(6)15-5-16-11/h3H,2,4-5,13H2,1H3. The Labute approximate surface area is 98.3 Å². The third-order valence-corrected chi connectivity index (χ3v) is 2.82. The highest BCUT2D eigenvalue weighted by Crippen LogP contribution is 2.43. The Balaban J connectivity index is 2.62. The molecule has 1 aromatic rings. The first-order chi connectivity index (χ1) is 7.69. The van der Waals surface area contributed by atoms with Gasteiger partial charge in [-0.1, -0.05) is 18.5 Å². The molecule has 5 heteroatoms. The lowest BCUT2D eigenvalue weighted by atomic mass is 10.00. The molecule has 1 heterocycles. The minimum absolute atomic E-state index is 0.0387. The van der Waals surface area contributed by atoms with Crippen LogP contribution >= 0.6 is 11.6 Å². The molecule has 4 nitrogen and oxygen atoms in total. The molecule has 2 N–H and O–H groups in total. The molecule has 16 heavy (non-hydrogen) atoms. The zero-order valence-corrected chi connectivity index (χ0v) is 9.63. The Bertz CT molecular complexity index is 445. The second-order valence-electron chi connectivity index (χ2n) is 3.43. The molecule has 0 bridgehead atoms. The summed E-state index contributed by atoms with van der Waals surface area (Å²) in [6, 6.07) is 1.60. The lowest BCUT2D eigenvalue weighted by Crippen LogP contribution is -2.15. The van der Waals surface area contributed by atoms with Gasteiger partial charge in [-0.2, -0.15) is 0 Å². The maximum atomic E-state index is 11.7. The van der Waals surface area contributed by atoms with Gasteiger partial charge in [-0.25, -0.2) is 0 Å². The van der Waals surface area contributed by atoms with Gasteiger partial charge in [-0.15, -0.1) is 0 Å². The van der Waals surface area contributed by atoms with E-state index in [-0.39, 0.29) is 19.1 Å². The fraction of sp³-hybridized carbons (Fsp3) is 0.364. The van der Waals surface area contributed by atoms with Crippen molar-refractivity contribution in [3.05, 3.63) is 22.2 Å². The molecule has 1 aliphatic heterocycles. The van der Waals surface area contributed by atoms with Crippen molar-refractivity contribution >= 4 is 17.4 Å². The van der Waals surface area contributed by atoms with E-state index >= 15 is 0 Å². The average molecular weight is 242 g/mol. The molecule has 1 aliphatic rings. The van der Waals surface area contributed by atoms with Gasteiger partial charge >= 0.3 is 0 Å². The van der Waals surface area contributed by atoms with Crippen LogP contribution in [-0.4, -0.2) is 19.1 Å². The molecule has 0 saturated carbocycles. The van der Waals surface area contributed by atoms with E-state index in [0.29, 0.717) is 28.5 Å². The van der Waals surface area contributed by atoms with E-state index in [1.165, 1.54) is 0 Å². The van der Waals surface area contributed by atoms with Crippen LogP contribution < -0.4 is 15.2 Å². The number of ketones is 1. The number of Topliss-reactive ketones (excluding diaryl/α,β-unsaturated/α-hetero) is 1. The largest absolute Gasteiger partial charge is 0.453 e. The van der Waals surface area contributed by atoms with E-state index in [0.717, 1.165) is 5.56 Å². The highest BCUT2D eigenvalue weighted by atomic mass is 35.5. The molecule has 0 fully saturated rings. The third kappa shape index (κ3) is 1.64. The molecule has 0 unspecified atom stereocenters. The number of halogens is 1. The fourth-order valence-corrected chi connectivity index (χ4v) is 2.04. The molecule has 0 atom stereocenters. The monoisotopic (exact) mass is 241 g/mol. The summed E-state index contributed by atoms with van der Waals surface area (Å²) in [4.78, 5) is 11.7. The van der Waals surface area contributed by atoms with Crippen LogP contribution in [0.15, 0.2) is 6.07 Å². The molecule has 2 rings (SSSR count). The molecule has 1 aromatic carbocycles. The summed E-state index contributed by atoms with van der Waals surface area (Å²) in [6.45, 7) is 2.05. The highest BCUT2D eigenvalue weighted by molar-refractivity contribution is 6.33. The first-order valence-corrected chi connectivity index (χ1v) is 5.41. The Morgan fingerprint density at radius 1 is 1.50 bits per heavy atom. The van der Waals surface area contributed by atoms with E-state index in [2.05, 4.69) is 0 Å². The quantitative estimate of drug-likeness (QED) is 0.820. The normalized spacial score (nSPS) is 12.9. The number of hydrogen-bond donors (Lipinski definition) is 1. The van der Waals surface area contributed by atoms with Gasteiger partial charge in [0, 0.05) is 11.1 Å². The maximum Gasteiger partial charge on any atom is 0.231 e. The van der Waals surface area contributed by atoms with E-state index < -0.39 is 0 Å². The van der Waals surface area contributed by atoms with E-state index in [9.17, 15) is 4.79 Å². The van der Waals surface area contributed by atoms with E-state index in [4.69, 9.17) is 26.8 Å². The number of nitrogens with two attached hydrogens (primary N) is 1. The molecule has 0 radical (unpaired) electrons. The van der Waals surface area contributed by atoms with Crippen molar-refractivity contribution in [1.82, 2.24) is 0 Å². The van der Waals surface area contributed by atoms with Crippen LogP contribution in [0.4, 0.5) is 0 Å². The molecule has 0 spiro atoms. The summed E-state index contributed by atoms with van der Waals surface area (Å²) in [5.74, 6) is 0.955. The van der Waals surface area contributed by atoms with Crippen LogP contribution in [0, 0.1) is 0 Å². The van der Waals surface area contributed by atoms with E-state index in [1.54, 1.807) is 6.07 Å². The molecule has 0 amide bonds. The minimum Gasteiger partial charge on any atom is -0.453 e. The van der Waals surface area contributed by atoms with Crippen molar-refractivity contribution in [2.45, 2.75) is 13.3 Å². The minimum atomic E-state index is -0.142. The lowest BCUT2D eigenvalue weighted by Gasteiger charge is -2.10. The topological polar surface area (TPSA) is 61.6 Å². The Kier molecular flexibility index (Phi) is 3.03. The number of carbonyl (C=O) groups is 1. The maximum absolute atomic E-state index is 11.7. The number of hydrogen-bond acceptors (Lipinski definition) is 4. The fourth-order valence-electron chi connectivity index (χ4n) is 1.79. The number of fused-ring (bicyclic) bond motifs is 1. The average Bonchev–Trinajstić information content (AvgIpc) is 2.77. The Morgan fingerprint density at radius 3 is 2.81 bits per heavy atom. The summed E-state index contributed by atoms with van der Waals surface area (Å²) in [5.41, 5.74) is 6.70. The van der Waals surface area contributed by atoms with Gasteiger partial charge in [-0.3, -0.25) is 4.79 Å². The van der Waals surface area contributed by atoms with Gasteiger partial charge < -0.3 is 15.2 Å². The van der Waals surface area contributed by atoms with Gasteiger partial charge in [0.05, 0.1) is 11.6 Å². The van der Waals surface area contributed by atoms with Crippen molar-refractivity contribution < 1.29 is 14.3 Å². The summed E-state index contributed by atoms with van der Waals surface area (Å²) in [5, 5.41) is 0.390. The van der Waals surface area contributed by atoms with Crippen molar-refractivity contribution in [2.24, 2.45) is 5.73 Å². The summed E-state index contributed by atoms with van der Waals surface area (Å²) < 4.78 is 10.6. The van der Waals surface area contributed by atoms with Crippen LogP contribution in [0.5, 0.6) is 11.5 Å². The van der Waals surface area contributed by atoms with Crippen LogP contribution in [0.2, 0.25) is 5.02 Å². The molecule has 0 aromatic heterocycles. The number of rotatable bonds is 3. The third-order valence-electron chi connectivity index (χ3n) is 2.54. The Hall–Kier alpha value is -1.26. The second-order valence-corrected chi connectivity index (χ2v) is 3.84. The van der Waals surface area contributed by atoms with Crippen molar-refractivity contribution in [3.8, 4) is 11.5 Å². The molecular formula is C11H12ClNO3. The molecule has 86 valence electrons. The summed E-state index contributed by atoms with van der Waals surface area (Å²) in [7, 11) is 0. The van der Waals surface area contributed by atoms with Crippen molar-refractivity contribution in [1.29, 1.82) is 0 Å². The van der Waals surface area contributed by atoms with Crippen molar-refractivity contribution in [2.75, 3.05) is 13.3 Å². The van der Waals surface area contributed by atoms with Crippen LogP contribution in [0.1, 0.15) is 22.8 Å². The van der Waals surface area contributed by atoms with Crippen LogP contribution in [-0.2, 0) is 6.42 Å². The lowest BCUT2D eigenvalue weighted by molar-refractivity contribution is 0.1000. The van der Waals surface area contributed by atoms with Gasteiger partial charge in [0.25, 0.3) is 0 Å². The first kappa shape index (κ1) is 11.2. The smallest absolute Gasteiger partial charge is 0.231 e. The number of benzene rings is 1. The molecular weight excluding hydrogens is 230 g/mol. The summed E-state index contributed by atoms with van der Waals surface area (Å²) >= 11 is 6.01. The highest BCUT2D eigenvalue weighted by Gasteiger charge is 2.25. The van der Waals surface area contributed by atoms with Crippen LogP contribution in [0.3, 0.4) is 0 Å². The number of ether oxygens (including phenoxy) is 2. The zero-order valence-electron chi connectivity index (χ0n) is 8.88. The first-order valence-electron chi connectivity index (χ1n) is 5.03. The predicted octanol–water partition coefficient (Wildman–Crippen LogP) is 1.77. The second kappa shape index (κ2) is 4.31.